The van der Waals surface area contributed by atoms with Crippen LogP contribution in [0, 0.1) is 12.8 Å². The van der Waals surface area contributed by atoms with Gasteiger partial charge in [-0.15, -0.1) is 5.06 Å². The van der Waals surface area contributed by atoms with Gasteiger partial charge in [0, 0.05) is 87.8 Å². The highest BCUT2D eigenvalue weighted by Crippen LogP contribution is 2.49. The van der Waals surface area contributed by atoms with Crippen LogP contribution < -0.4 is 25.1 Å². The van der Waals surface area contributed by atoms with Gasteiger partial charge in [0.1, 0.15) is 41.5 Å². The number of imide groups is 1. The number of carbonyl (C=O) groups is 8. The largest absolute Gasteiger partial charge is 0.493 e. The standard InChI is InChI=1S/C57H73ClN6O16S2/c1-32-13-11-14-43(74-10)57(73)30-42(77-54(72)59-57)34(3)52-56(7,79-52)44(29-49(69)63(9)40-27-36(25-32)26-33(2)51(40)58)78-53(71)35(4)62(8)46(66)21-24-81-82-55(5,6)31-45(65)61-60-39-20-23-76-41-28-37(16-17-38(39)41)75-22-12-15-50(70)80-64-47(67)18-19-48(64)68/h11,13-14,16-17,26-28,34-35,42-44,52,73H,12,15,18-25,29-31H2,1-10H3,(H,59,72)(H,61,65)/b14-11+,32-13+,60-39+/t34-,35+,42+,43-,44+,52+,56+,57+/m1/s1. The van der Waals surface area contributed by atoms with Crippen molar-refractivity contribution in [3.8, 4) is 11.5 Å². The van der Waals surface area contributed by atoms with E-state index < -0.39 is 88.2 Å². The Morgan fingerprint density at radius 2 is 1.79 bits per heavy atom. The Morgan fingerprint density at radius 1 is 1.06 bits per heavy atom. The molecule has 0 aliphatic carbocycles. The molecule has 0 spiro atoms. The van der Waals surface area contributed by atoms with Crippen molar-refractivity contribution in [1.29, 1.82) is 0 Å². The third kappa shape index (κ3) is 15.7. The van der Waals surface area contributed by atoms with Crippen molar-refractivity contribution in [3.63, 3.8) is 0 Å². The number of amides is 6. The lowest BCUT2D eigenvalue weighted by Gasteiger charge is -2.42. The number of allylic oxidation sites excluding steroid dienone is 3. The number of likely N-dealkylation sites (N-methyl/N-ethyl adjacent to an activating group) is 1. The summed E-state index contributed by atoms with van der Waals surface area (Å²) in [7, 11) is 7.36. The van der Waals surface area contributed by atoms with Crippen molar-refractivity contribution >= 4 is 92.2 Å². The first-order valence-electron chi connectivity index (χ1n) is 27.1. The van der Waals surface area contributed by atoms with Crippen LogP contribution in [0.15, 0.2) is 59.2 Å². The van der Waals surface area contributed by atoms with E-state index in [0.717, 1.165) is 16.7 Å². The van der Waals surface area contributed by atoms with E-state index in [1.54, 1.807) is 51.2 Å². The number of hydroxylamine groups is 2. The van der Waals surface area contributed by atoms with Crippen molar-refractivity contribution in [2.24, 2.45) is 11.0 Å². The Balaban J connectivity index is 0.917. The minimum atomic E-state index is -1.86. The van der Waals surface area contributed by atoms with E-state index in [1.165, 1.54) is 52.5 Å². The van der Waals surface area contributed by atoms with Crippen LogP contribution in [-0.2, 0) is 63.8 Å². The maximum absolute atomic E-state index is 14.4. The summed E-state index contributed by atoms with van der Waals surface area (Å²) >= 11 is 6.85. The number of benzene rings is 2. The number of nitrogens with zero attached hydrogens (tertiary/aromatic N) is 4. The summed E-state index contributed by atoms with van der Waals surface area (Å²) < 4.78 is 35.0. The fraction of sp³-hybridized carbons (Fsp3) is 0.561. The fourth-order valence-corrected chi connectivity index (χ4v) is 12.7. The van der Waals surface area contributed by atoms with Gasteiger partial charge < -0.3 is 48.2 Å². The summed E-state index contributed by atoms with van der Waals surface area (Å²) in [6.45, 7) is 13.1. The van der Waals surface area contributed by atoms with Crippen molar-refractivity contribution in [2.75, 3.05) is 45.1 Å². The van der Waals surface area contributed by atoms with Gasteiger partial charge >= 0.3 is 18.0 Å². The van der Waals surface area contributed by atoms with Gasteiger partial charge in [0.05, 0.1) is 48.6 Å². The van der Waals surface area contributed by atoms with Crippen molar-refractivity contribution in [1.82, 2.24) is 20.7 Å². The Labute approximate surface area is 490 Å². The van der Waals surface area contributed by atoms with Gasteiger partial charge in [-0.05, 0) is 83.7 Å². The summed E-state index contributed by atoms with van der Waals surface area (Å²) in [5, 5.41) is 19.7. The SMILES string of the molecule is CO[C@@H]1/C=C/C=C(\C)Cc2cc(C)c(Cl)c(c2)N(C)C(=O)C[C@H](OC(=O)[C@H](C)N(C)C(=O)CCSSC(C)(C)CC(=O)N/N=C2\CCOc3cc(OCCCC(=O)ON4C(=O)CCC4=O)ccc32)[C@]2(C)O[C@H]2[C@H](C)[C@@H]2C[C@@]1(O)NC(=O)O2. The van der Waals surface area contributed by atoms with Crippen molar-refractivity contribution < 1.29 is 76.7 Å². The summed E-state index contributed by atoms with van der Waals surface area (Å²) in [4.78, 5) is 112. The van der Waals surface area contributed by atoms with Gasteiger partial charge in [-0.25, -0.2) is 19.8 Å². The molecular weight excluding hydrogens is 1120 g/mol. The van der Waals surface area contributed by atoms with Gasteiger partial charge in [-0.3, -0.25) is 29.3 Å². The topological polar surface area (TPSA) is 271 Å². The molecule has 0 radical (unpaired) electrons. The molecule has 7 rings (SSSR count). The number of halogens is 1. The minimum absolute atomic E-state index is 0.0138. The molecule has 5 heterocycles. The number of carbonyl (C=O) groups excluding carboxylic acids is 8. The van der Waals surface area contributed by atoms with Crippen LogP contribution in [0.1, 0.15) is 116 Å². The molecule has 5 aliphatic heterocycles. The van der Waals surface area contributed by atoms with Crippen LogP contribution in [-0.4, -0.2) is 155 Å². The number of hydrazone groups is 1. The third-order valence-corrected chi connectivity index (χ3v) is 18.7. The Hall–Kier alpha value is -6.18. The molecule has 22 nitrogen and oxygen atoms in total. The van der Waals surface area contributed by atoms with Gasteiger partial charge in [-0.1, -0.05) is 70.0 Å². The van der Waals surface area contributed by atoms with E-state index in [2.05, 4.69) is 15.8 Å². The van der Waals surface area contributed by atoms with Gasteiger partial charge in [-0.2, -0.15) is 5.10 Å². The van der Waals surface area contributed by atoms with E-state index in [4.69, 9.17) is 44.9 Å². The number of anilines is 1. The number of hydrogen-bond acceptors (Lipinski definition) is 19. The van der Waals surface area contributed by atoms with Crippen LogP contribution in [0.25, 0.3) is 0 Å². The first-order valence-corrected chi connectivity index (χ1v) is 29.8. The molecule has 6 amide bonds. The summed E-state index contributed by atoms with van der Waals surface area (Å²) in [6.07, 6.45) is 1.57. The maximum Gasteiger partial charge on any atom is 0.409 e. The van der Waals surface area contributed by atoms with Gasteiger partial charge in [0.2, 0.25) is 17.7 Å². The first kappa shape index (κ1) is 63.4. The number of rotatable bonds is 18. The summed E-state index contributed by atoms with van der Waals surface area (Å²) in [6, 6.07) is 7.86. The number of hydrogen-bond donors (Lipinski definition) is 3. The molecule has 5 aliphatic rings. The molecule has 8 atom stereocenters. The number of aryl methyl sites for hydroxylation is 1. The molecule has 0 aromatic heterocycles. The van der Waals surface area contributed by atoms with E-state index in [1.807, 2.05) is 45.9 Å². The van der Waals surface area contributed by atoms with Crippen LogP contribution in [0.5, 0.6) is 11.5 Å². The number of fused-ring (bicyclic) bond motifs is 6. The van der Waals surface area contributed by atoms with Crippen LogP contribution in [0.3, 0.4) is 0 Å². The van der Waals surface area contributed by atoms with E-state index >= 15 is 0 Å². The second-order valence-electron chi connectivity index (χ2n) is 22.0. The number of aliphatic hydroxyl groups is 1. The van der Waals surface area contributed by atoms with Crippen LogP contribution in [0.4, 0.5) is 10.5 Å². The average Bonchev–Trinajstić information content (AvgIpc) is 2.12. The highest BCUT2D eigenvalue weighted by molar-refractivity contribution is 8.77. The number of alkyl carbamates (subject to hydrolysis) is 1. The van der Waals surface area contributed by atoms with E-state index in [9.17, 15) is 43.5 Å². The number of epoxide rings is 1. The monoisotopic (exact) mass is 1200 g/mol. The Kier molecular flexibility index (Phi) is 20.9. The van der Waals surface area contributed by atoms with Crippen LogP contribution in [0.2, 0.25) is 5.02 Å². The molecule has 0 unspecified atom stereocenters. The Bertz CT molecular complexity index is 2890. The second kappa shape index (κ2) is 27.0. The third-order valence-electron chi connectivity index (χ3n) is 15.0. The molecule has 3 N–H and O–H groups in total. The molecule has 4 bridgehead atoms. The molecule has 0 saturated carbocycles. The van der Waals surface area contributed by atoms with Gasteiger partial charge in [0.15, 0.2) is 5.72 Å². The predicted molar refractivity (Wildman–Crippen MR) is 306 cm³/mol. The van der Waals surface area contributed by atoms with E-state index in [0.29, 0.717) is 63.7 Å². The smallest absolute Gasteiger partial charge is 0.409 e. The number of methoxy groups -OCH3 is 1. The molecule has 2 aromatic carbocycles. The highest BCUT2D eigenvalue weighted by atomic mass is 35.5. The van der Waals surface area contributed by atoms with E-state index in [-0.39, 0.29) is 69.8 Å². The zero-order chi connectivity index (χ0) is 59.8. The zero-order valence-corrected chi connectivity index (χ0v) is 50.2. The van der Waals surface area contributed by atoms with Crippen molar-refractivity contribution in [2.45, 2.75) is 159 Å². The molecule has 3 saturated heterocycles. The summed E-state index contributed by atoms with van der Waals surface area (Å²) in [5.41, 5.74) is 3.85. The molecular formula is C57H73ClN6O16S2. The van der Waals surface area contributed by atoms with Gasteiger partial charge in [0.25, 0.3) is 11.8 Å². The van der Waals surface area contributed by atoms with Crippen LogP contribution >= 0.6 is 33.2 Å². The Morgan fingerprint density at radius 3 is 2.51 bits per heavy atom. The number of esters is 1. The minimum Gasteiger partial charge on any atom is -0.493 e. The lowest BCUT2D eigenvalue weighted by molar-refractivity contribution is -0.197. The highest BCUT2D eigenvalue weighted by Gasteiger charge is 2.64. The lowest BCUT2D eigenvalue weighted by Crippen LogP contribution is -2.63. The molecule has 25 heteroatoms. The first-order chi connectivity index (χ1) is 38.7. The number of nitrogens with one attached hydrogen (secondary N) is 2. The normalized spacial score (nSPS) is 26.7. The lowest BCUT2D eigenvalue weighted by atomic mass is 9.83. The second-order valence-corrected chi connectivity index (χ2v) is 25.5. The molecule has 82 heavy (non-hydrogen) atoms. The molecule has 446 valence electrons. The number of ether oxygens (including phenoxy) is 6. The molecule has 3 fully saturated rings. The quantitative estimate of drug-likeness (QED) is 0.0345. The molecule has 2 aromatic rings. The van der Waals surface area contributed by atoms with Crippen molar-refractivity contribution in [3.05, 3.63) is 75.8 Å². The summed E-state index contributed by atoms with van der Waals surface area (Å²) in [5.74, 6) is -2.91. The maximum atomic E-state index is 14.4. The zero-order valence-electron chi connectivity index (χ0n) is 47.8. The fourth-order valence-electron chi connectivity index (χ4n) is 10.0. The predicted octanol–water partition coefficient (Wildman–Crippen LogP) is 6.82. The average molecular weight is 1200 g/mol.